The molecule has 2 N–H and O–H groups in total. The van der Waals surface area contributed by atoms with Crippen LogP contribution in [0.3, 0.4) is 0 Å². The van der Waals surface area contributed by atoms with Crippen molar-refractivity contribution in [2.45, 2.75) is 33.1 Å². The fourth-order valence-corrected chi connectivity index (χ4v) is 2.54. The number of allylic oxidation sites excluding steroid dienone is 1. The average Bonchev–Trinajstić information content (AvgIpc) is 2.50. The Hall–Kier alpha value is -2.64. The van der Waals surface area contributed by atoms with Crippen molar-refractivity contribution in [1.82, 2.24) is 4.98 Å². The number of ketones is 2. The molecule has 1 saturated carbocycles. The molecule has 1 aromatic heterocycles. The number of carboxylic acids is 1. The van der Waals surface area contributed by atoms with Gasteiger partial charge in [-0.15, -0.1) is 0 Å². The molecule has 6 nitrogen and oxygen atoms in total. The van der Waals surface area contributed by atoms with E-state index in [-0.39, 0.29) is 24.1 Å². The number of aliphatic hydroxyl groups excluding tert-OH is 1. The van der Waals surface area contributed by atoms with Crippen molar-refractivity contribution in [3.05, 3.63) is 34.7 Å². The molecule has 0 saturated heterocycles. The first-order chi connectivity index (χ1) is 11.1. The molecule has 8 heteroatoms. The van der Waals surface area contributed by atoms with Gasteiger partial charge in [-0.1, -0.05) is 0 Å². The minimum absolute atomic E-state index is 0.000927. The van der Waals surface area contributed by atoms with Gasteiger partial charge in [-0.25, -0.2) is 8.78 Å². The van der Waals surface area contributed by atoms with Crippen LogP contribution in [-0.4, -0.2) is 32.7 Å². The highest BCUT2D eigenvalue weighted by Gasteiger charge is 2.49. The molecule has 0 amide bonds. The number of carbonyl (C=O) groups is 3. The predicted molar refractivity (Wildman–Crippen MR) is 78.5 cm³/mol. The van der Waals surface area contributed by atoms with Gasteiger partial charge in [0.25, 0.3) is 6.43 Å². The highest BCUT2D eigenvalue weighted by atomic mass is 19.3. The largest absolute Gasteiger partial charge is 0.506 e. The lowest BCUT2D eigenvalue weighted by molar-refractivity contribution is -0.154. The van der Waals surface area contributed by atoms with Crippen LogP contribution < -0.4 is 0 Å². The Morgan fingerprint density at radius 1 is 1.29 bits per heavy atom. The number of hydrogen-bond acceptors (Lipinski definition) is 5. The second kappa shape index (κ2) is 6.10. The average molecular weight is 339 g/mol. The molecule has 0 spiro atoms. The Bertz CT molecular complexity index is 772. The monoisotopic (exact) mass is 339 g/mol. The number of aromatic nitrogens is 1. The van der Waals surface area contributed by atoms with E-state index in [0.717, 1.165) is 12.1 Å². The van der Waals surface area contributed by atoms with Gasteiger partial charge < -0.3 is 10.2 Å². The van der Waals surface area contributed by atoms with Crippen molar-refractivity contribution in [2.24, 2.45) is 5.41 Å². The van der Waals surface area contributed by atoms with Crippen LogP contribution in [0.15, 0.2) is 17.7 Å². The van der Waals surface area contributed by atoms with Crippen molar-refractivity contribution in [2.75, 3.05) is 0 Å². The van der Waals surface area contributed by atoms with Gasteiger partial charge in [-0.2, -0.15) is 0 Å². The Labute approximate surface area is 135 Å². The summed E-state index contributed by atoms with van der Waals surface area (Å²) in [5, 5.41) is 19.6. The maximum Gasteiger partial charge on any atom is 0.317 e. The molecule has 2 rings (SSSR count). The first-order valence-corrected chi connectivity index (χ1v) is 7.10. The number of carboxylic acid groups (broad SMARTS) is 1. The lowest BCUT2D eigenvalue weighted by Gasteiger charge is -2.28. The molecular weight excluding hydrogens is 324 g/mol. The summed E-state index contributed by atoms with van der Waals surface area (Å²) in [6.07, 6.45) is -3.19. The first-order valence-electron chi connectivity index (χ1n) is 7.10. The van der Waals surface area contributed by atoms with Gasteiger partial charge in [0.15, 0.2) is 11.6 Å². The number of carbonyl (C=O) groups excluding carboxylic acids is 2. The highest BCUT2D eigenvalue weighted by molar-refractivity contribution is 6.31. The fraction of sp³-hybridized carbons (Fsp3) is 0.375. The van der Waals surface area contributed by atoms with Crippen molar-refractivity contribution in [1.29, 1.82) is 0 Å². The molecule has 1 atom stereocenters. The number of rotatable bonds is 3. The molecule has 0 aromatic carbocycles. The third-order valence-electron chi connectivity index (χ3n) is 4.15. The number of aliphatic carboxylic acids is 1. The Balaban J connectivity index is 2.59. The van der Waals surface area contributed by atoms with Crippen LogP contribution >= 0.6 is 0 Å². The quantitative estimate of drug-likeness (QED) is 0.380. The summed E-state index contributed by atoms with van der Waals surface area (Å²) in [6, 6.07) is 2.09. The van der Waals surface area contributed by atoms with E-state index in [1.165, 1.54) is 13.8 Å². The number of aryl methyl sites for hydroxylation is 1. The molecule has 0 bridgehead atoms. The molecule has 0 aliphatic heterocycles. The van der Waals surface area contributed by atoms with Crippen LogP contribution in [0.4, 0.5) is 8.78 Å². The lowest BCUT2D eigenvalue weighted by Crippen LogP contribution is -2.43. The van der Waals surface area contributed by atoms with Crippen molar-refractivity contribution in [3.63, 3.8) is 0 Å². The maximum atomic E-state index is 12.6. The van der Waals surface area contributed by atoms with Gasteiger partial charge >= 0.3 is 5.97 Å². The van der Waals surface area contributed by atoms with Crippen LogP contribution in [0.2, 0.25) is 0 Å². The summed E-state index contributed by atoms with van der Waals surface area (Å²) in [5.74, 6) is -3.81. The van der Waals surface area contributed by atoms with E-state index in [1.807, 2.05) is 0 Å². The van der Waals surface area contributed by atoms with Gasteiger partial charge in [0.1, 0.15) is 22.4 Å². The molecular formula is C16H15F2NO5. The zero-order chi connectivity index (χ0) is 18.2. The third kappa shape index (κ3) is 2.79. The second-order valence-electron chi connectivity index (χ2n) is 5.78. The number of hydrogen-bond donors (Lipinski definition) is 2. The van der Waals surface area contributed by atoms with E-state index in [9.17, 15) is 33.4 Å². The number of nitrogens with zero attached hydrogens (tertiary/aromatic N) is 1. The van der Waals surface area contributed by atoms with Gasteiger partial charge in [0, 0.05) is 17.7 Å². The van der Waals surface area contributed by atoms with Crippen LogP contribution in [0.5, 0.6) is 0 Å². The molecule has 1 aromatic rings. The van der Waals surface area contributed by atoms with Crippen molar-refractivity contribution in [3.8, 4) is 0 Å². The summed E-state index contributed by atoms with van der Waals surface area (Å²) >= 11 is 0. The summed E-state index contributed by atoms with van der Waals surface area (Å²) in [4.78, 5) is 39.5. The van der Waals surface area contributed by atoms with E-state index in [2.05, 4.69) is 4.98 Å². The summed E-state index contributed by atoms with van der Waals surface area (Å²) < 4.78 is 25.3. The maximum absolute atomic E-state index is 12.6. The van der Waals surface area contributed by atoms with Crippen LogP contribution in [0.1, 0.15) is 43.1 Å². The minimum atomic E-state index is -2.80. The van der Waals surface area contributed by atoms with Gasteiger partial charge in [-0.05, 0) is 32.4 Å². The number of pyridine rings is 1. The topological polar surface area (TPSA) is 105 Å². The Morgan fingerprint density at radius 2 is 1.92 bits per heavy atom. The van der Waals surface area contributed by atoms with Gasteiger partial charge in [-0.3, -0.25) is 19.4 Å². The smallest absolute Gasteiger partial charge is 0.317 e. The predicted octanol–water partition coefficient (Wildman–Crippen LogP) is 2.62. The van der Waals surface area contributed by atoms with Crippen LogP contribution in [-0.2, 0) is 14.4 Å². The standard InChI is InChI=1S/C16H15F2NO5/c1-7-8(3-4-9(19-7)14(17)18)12(21)11-10(20)5-6-16(2,13(11)22)15(23)24/h3-4,14,21H,5-6H2,1-2H3,(H,23,24). The summed E-state index contributed by atoms with van der Waals surface area (Å²) in [6.45, 7) is 2.52. The van der Waals surface area contributed by atoms with Gasteiger partial charge in [0.2, 0.25) is 0 Å². The van der Waals surface area contributed by atoms with Gasteiger partial charge in [0.05, 0.1) is 0 Å². The number of Topliss-reactive ketones (excluding diaryl/α,β-unsaturated/α-hetero) is 2. The van der Waals surface area contributed by atoms with E-state index in [4.69, 9.17) is 0 Å². The third-order valence-corrected chi connectivity index (χ3v) is 4.15. The molecule has 0 radical (unpaired) electrons. The normalized spacial score (nSPS) is 23.5. The van der Waals surface area contributed by atoms with Crippen molar-refractivity contribution >= 4 is 23.3 Å². The number of halogens is 2. The zero-order valence-electron chi connectivity index (χ0n) is 13.0. The Kier molecular flexibility index (Phi) is 4.50. The Morgan fingerprint density at radius 3 is 2.42 bits per heavy atom. The molecule has 1 heterocycles. The summed E-state index contributed by atoms with van der Waals surface area (Å²) in [5.41, 5.74) is -3.01. The van der Waals surface area contributed by atoms with E-state index < -0.39 is 46.4 Å². The van der Waals surface area contributed by atoms with Crippen molar-refractivity contribution < 1.29 is 33.4 Å². The first kappa shape index (κ1) is 17.7. The molecule has 1 aliphatic rings. The molecule has 1 aliphatic carbocycles. The second-order valence-corrected chi connectivity index (χ2v) is 5.78. The molecule has 1 fully saturated rings. The highest BCUT2D eigenvalue weighted by Crippen LogP contribution is 2.37. The lowest BCUT2D eigenvalue weighted by atomic mass is 9.71. The number of aliphatic hydroxyl groups is 1. The van der Waals surface area contributed by atoms with Crippen LogP contribution in [0, 0.1) is 12.3 Å². The summed E-state index contributed by atoms with van der Waals surface area (Å²) in [7, 11) is 0. The molecule has 128 valence electrons. The molecule has 1 unspecified atom stereocenters. The minimum Gasteiger partial charge on any atom is -0.506 e. The van der Waals surface area contributed by atoms with Crippen LogP contribution in [0.25, 0.3) is 5.76 Å². The van der Waals surface area contributed by atoms with E-state index in [1.54, 1.807) is 0 Å². The van der Waals surface area contributed by atoms with E-state index >= 15 is 0 Å². The fourth-order valence-electron chi connectivity index (χ4n) is 2.54. The zero-order valence-corrected chi connectivity index (χ0v) is 13.0. The van der Waals surface area contributed by atoms with E-state index in [0.29, 0.717) is 0 Å². The number of alkyl halides is 2. The molecule has 24 heavy (non-hydrogen) atoms. The SMILES string of the molecule is Cc1nc(C(F)F)ccc1C(O)=C1C(=O)CCC(C)(C(=O)O)C1=O.